The molecule has 94 valence electrons. The smallest absolute Gasteiger partial charge is 0.293 e. The third kappa shape index (κ3) is 29.3. The van der Waals surface area contributed by atoms with E-state index < -0.39 is 0 Å². The molecule has 0 aliphatic heterocycles. The molecular formula is C11H21ClN2O2. The fraction of sp³-hybridized carbons (Fsp3) is 0.636. The molecule has 0 saturated heterocycles. The molecule has 0 aromatic heterocycles. The van der Waals surface area contributed by atoms with E-state index >= 15 is 0 Å². The lowest BCUT2D eigenvalue weighted by molar-refractivity contribution is -0.138. The standard InChI is InChI=1S/C6H10N2.C5H10O2.ClH/c1-4-5-7-8-6(2)3;1-5(2,3)7-4-6;/h1,7H,5H2,2-3H3;4H,1-3H3;1H. The van der Waals surface area contributed by atoms with Crippen molar-refractivity contribution in [2.24, 2.45) is 5.10 Å². The van der Waals surface area contributed by atoms with E-state index in [1.807, 2.05) is 34.6 Å². The first-order valence-electron chi connectivity index (χ1n) is 4.62. The normalized spacial score (nSPS) is 8.25. The molecule has 0 aliphatic rings. The van der Waals surface area contributed by atoms with E-state index in [4.69, 9.17) is 6.42 Å². The molecule has 0 spiro atoms. The number of terminal acetylenes is 1. The van der Waals surface area contributed by atoms with Gasteiger partial charge in [0, 0.05) is 5.71 Å². The Balaban J connectivity index is -0.000000200. The highest BCUT2D eigenvalue weighted by Gasteiger charge is 2.07. The van der Waals surface area contributed by atoms with E-state index in [0.717, 1.165) is 5.71 Å². The molecular weight excluding hydrogens is 228 g/mol. The van der Waals surface area contributed by atoms with Gasteiger partial charge in [-0.3, -0.25) is 10.2 Å². The van der Waals surface area contributed by atoms with Gasteiger partial charge in [-0.05, 0) is 34.6 Å². The second-order valence-electron chi connectivity index (χ2n) is 3.92. The van der Waals surface area contributed by atoms with Crippen LogP contribution >= 0.6 is 12.4 Å². The highest BCUT2D eigenvalue weighted by Crippen LogP contribution is 2.02. The lowest BCUT2D eigenvalue weighted by Gasteiger charge is -2.14. The molecule has 0 atom stereocenters. The maximum absolute atomic E-state index is 9.60. The van der Waals surface area contributed by atoms with Gasteiger partial charge in [0.2, 0.25) is 0 Å². The van der Waals surface area contributed by atoms with Crippen LogP contribution in [0.4, 0.5) is 0 Å². The van der Waals surface area contributed by atoms with Crippen molar-refractivity contribution in [1.82, 2.24) is 5.43 Å². The zero-order valence-corrected chi connectivity index (χ0v) is 11.4. The third-order valence-electron chi connectivity index (χ3n) is 0.885. The first kappa shape index (κ1) is 20.2. The molecule has 0 radical (unpaired) electrons. The van der Waals surface area contributed by atoms with Crippen molar-refractivity contribution in [3.8, 4) is 12.3 Å². The van der Waals surface area contributed by atoms with Crippen molar-refractivity contribution in [2.45, 2.75) is 40.2 Å². The predicted octanol–water partition coefficient (Wildman–Crippen LogP) is 1.98. The minimum Gasteiger partial charge on any atom is -0.462 e. The van der Waals surface area contributed by atoms with Crippen LogP contribution in [0.1, 0.15) is 34.6 Å². The Hall–Kier alpha value is -1.21. The Kier molecular flexibility index (Phi) is 15.0. The zero-order valence-electron chi connectivity index (χ0n) is 10.5. The largest absolute Gasteiger partial charge is 0.462 e. The SMILES string of the molecule is C#CCNN=C(C)C.CC(C)(C)OC=O.Cl. The Morgan fingerprint density at radius 3 is 2.19 bits per heavy atom. The molecule has 16 heavy (non-hydrogen) atoms. The number of rotatable bonds is 3. The Bertz CT molecular complexity index is 235. The number of nitrogens with zero attached hydrogens (tertiary/aromatic N) is 1. The van der Waals surface area contributed by atoms with Crippen LogP contribution in [0.15, 0.2) is 5.10 Å². The van der Waals surface area contributed by atoms with Crippen LogP contribution < -0.4 is 5.43 Å². The summed E-state index contributed by atoms with van der Waals surface area (Å²) in [7, 11) is 0. The molecule has 0 heterocycles. The highest BCUT2D eigenvalue weighted by molar-refractivity contribution is 5.85. The van der Waals surface area contributed by atoms with Gasteiger partial charge in [-0.2, -0.15) is 5.10 Å². The van der Waals surface area contributed by atoms with Gasteiger partial charge in [0.15, 0.2) is 0 Å². The number of halogens is 1. The molecule has 0 aromatic rings. The van der Waals surface area contributed by atoms with Gasteiger partial charge in [-0.25, -0.2) is 0 Å². The number of ether oxygens (including phenoxy) is 1. The third-order valence-corrected chi connectivity index (χ3v) is 0.885. The summed E-state index contributed by atoms with van der Waals surface area (Å²) in [5.74, 6) is 2.40. The minimum absolute atomic E-state index is 0. The zero-order chi connectivity index (χ0) is 12.3. The summed E-state index contributed by atoms with van der Waals surface area (Å²) in [6.07, 6.45) is 4.93. The Morgan fingerprint density at radius 2 is 2.00 bits per heavy atom. The van der Waals surface area contributed by atoms with Crippen molar-refractivity contribution < 1.29 is 9.53 Å². The van der Waals surface area contributed by atoms with Gasteiger partial charge in [0.25, 0.3) is 6.47 Å². The Labute approximate surface area is 104 Å². The van der Waals surface area contributed by atoms with Crippen LogP contribution in [0, 0.1) is 12.3 Å². The highest BCUT2D eigenvalue weighted by atomic mass is 35.5. The lowest BCUT2D eigenvalue weighted by atomic mass is 10.2. The molecule has 0 amide bonds. The van der Waals surface area contributed by atoms with E-state index in [1.165, 1.54) is 0 Å². The van der Waals surface area contributed by atoms with Crippen molar-refractivity contribution in [3.63, 3.8) is 0 Å². The van der Waals surface area contributed by atoms with Crippen LogP contribution in [-0.4, -0.2) is 24.3 Å². The molecule has 0 saturated carbocycles. The van der Waals surface area contributed by atoms with Crippen molar-refractivity contribution >= 4 is 24.6 Å². The van der Waals surface area contributed by atoms with E-state index in [9.17, 15) is 4.79 Å². The summed E-state index contributed by atoms with van der Waals surface area (Å²) >= 11 is 0. The summed E-state index contributed by atoms with van der Waals surface area (Å²) < 4.78 is 4.55. The van der Waals surface area contributed by atoms with Crippen LogP contribution in [0.3, 0.4) is 0 Å². The van der Waals surface area contributed by atoms with Crippen molar-refractivity contribution in [3.05, 3.63) is 0 Å². The fourth-order valence-corrected chi connectivity index (χ4v) is 0.388. The van der Waals surface area contributed by atoms with Gasteiger partial charge < -0.3 is 4.74 Å². The van der Waals surface area contributed by atoms with Crippen LogP contribution in [-0.2, 0) is 9.53 Å². The first-order valence-corrected chi connectivity index (χ1v) is 4.62. The second-order valence-corrected chi connectivity index (χ2v) is 3.92. The van der Waals surface area contributed by atoms with Crippen LogP contribution in [0.2, 0.25) is 0 Å². The minimum atomic E-state index is -0.318. The van der Waals surface area contributed by atoms with E-state index in [0.29, 0.717) is 13.0 Å². The maximum Gasteiger partial charge on any atom is 0.293 e. The summed E-state index contributed by atoms with van der Waals surface area (Å²) in [5, 5.41) is 3.84. The molecule has 0 rings (SSSR count). The molecule has 0 aromatic carbocycles. The fourth-order valence-electron chi connectivity index (χ4n) is 0.388. The van der Waals surface area contributed by atoms with Gasteiger partial charge in [0.05, 0.1) is 6.54 Å². The van der Waals surface area contributed by atoms with Crippen LogP contribution in [0.25, 0.3) is 0 Å². The number of hydrogen-bond donors (Lipinski definition) is 1. The summed E-state index contributed by atoms with van der Waals surface area (Å²) in [6, 6.07) is 0. The predicted molar refractivity (Wildman–Crippen MR) is 69.8 cm³/mol. The Morgan fingerprint density at radius 1 is 1.50 bits per heavy atom. The average molecular weight is 249 g/mol. The quantitative estimate of drug-likeness (QED) is 0.273. The van der Waals surface area contributed by atoms with E-state index in [2.05, 4.69) is 21.2 Å². The van der Waals surface area contributed by atoms with Gasteiger partial charge in [0.1, 0.15) is 5.60 Å². The number of nitrogens with one attached hydrogen (secondary N) is 1. The molecule has 0 unspecified atom stereocenters. The summed E-state index contributed by atoms with van der Waals surface area (Å²) in [5.41, 5.74) is 3.35. The number of hydrazone groups is 1. The summed E-state index contributed by atoms with van der Waals surface area (Å²) in [4.78, 5) is 9.60. The molecule has 0 fully saturated rings. The first-order chi connectivity index (χ1) is 6.83. The van der Waals surface area contributed by atoms with Gasteiger partial charge in [-0.15, -0.1) is 18.8 Å². The van der Waals surface area contributed by atoms with E-state index in [-0.39, 0.29) is 18.0 Å². The molecule has 5 heteroatoms. The van der Waals surface area contributed by atoms with Crippen molar-refractivity contribution in [2.75, 3.05) is 6.54 Å². The molecule has 0 bridgehead atoms. The molecule has 1 N–H and O–H groups in total. The van der Waals surface area contributed by atoms with Crippen molar-refractivity contribution in [1.29, 1.82) is 0 Å². The number of carbonyl (C=O) groups is 1. The molecule has 0 aliphatic carbocycles. The number of carbonyl (C=O) groups excluding carboxylic acids is 1. The topological polar surface area (TPSA) is 50.7 Å². The average Bonchev–Trinajstić information content (AvgIpc) is 2.02. The summed E-state index contributed by atoms with van der Waals surface area (Å²) in [6.45, 7) is 10.2. The van der Waals surface area contributed by atoms with Gasteiger partial charge >= 0.3 is 0 Å². The molecule has 4 nitrogen and oxygen atoms in total. The second kappa shape index (κ2) is 11.9. The van der Waals surface area contributed by atoms with Crippen LogP contribution in [0.5, 0.6) is 0 Å². The lowest BCUT2D eigenvalue weighted by Crippen LogP contribution is -2.17. The van der Waals surface area contributed by atoms with Gasteiger partial charge in [-0.1, -0.05) is 5.92 Å². The van der Waals surface area contributed by atoms with E-state index in [1.54, 1.807) is 0 Å². The number of hydrogen-bond acceptors (Lipinski definition) is 4. The maximum atomic E-state index is 9.60. The monoisotopic (exact) mass is 248 g/mol.